The highest BCUT2D eigenvalue weighted by Crippen LogP contribution is 2.18. The highest BCUT2D eigenvalue weighted by molar-refractivity contribution is 8.14. The minimum Gasteiger partial charge on any atom is -0.425 e. The van der Waals surface area contributed by atoms with Crippen LogP contribution < -0.4 is 15.4 Å². The van der Waals surface area contributed by atoms with Crippen LogP contribution in [0.3, 0.4) is 0 Å². The number of nitrogens with one attached hydrogen (secondary N) is 2. The van der Waals surface area contributed by atoms with E-state index in [1.807, 2.05) is 0 Å². The monoisotopic (exact) mass is 280 g/mol. The topological polar surface area (TPSA) is 84.5 Å². The lowest BCUT2D eigenvalue weighted by molar-refractivity contribution is -0.135. The van der Waals surface area contributed by atoms with E-state index in [2.05, 4.69) is 10.6 Å². The first kappa shape index (κ1) is 13.4. The van der Waals surface area contributed by atoms with Gasteiger partial charge in [-0.25, -0.2) is 4.79 Å². The van der Waals surface area contributed by atoms with Crippen LogP contribution in [0.25, 0.3) is 0 Å². The third-order valence-electron chi connectivity index (χ3n) is 2.35. The number of ether oxygens (including phenoxy) is 1. The van der Waals surface area contributed by atoms with Gasteiger partial charge in [-0.15, -0.1) is 0 Å². The molecule has 1 aliphatic rings. The van der Waals surface area contributed by atoms with Crippen molar-refractivity contribution in [2.45, 2.75) is 13.0 Å². The lowest BCUT2D eigenvalue weighted by atomic mass is 10.3. The smallest absolute Gasteiger partial charge is 0.334 e. The van der Waals surface area contributed by atoms with Crippen molar-refractivity contribution in [3.63, 3.8) is 0 Å². The van der Waals surface area contributed by atoms with Crippen molar-refractivity contribution in [2.75, 3.05) is 11.1 Å². The van der Waals surface area contributed by atoms with E-state index in [-0.39, 0.29) is 11.1 Å². The van der Waals surface area contributed by atoms with Crippen molar-refractivity contribution < 1.29 is 19.1 Å². The highest BCUT2D eigenvalue weighted by Gasteiger charge is 2.29. The molecule has 0 aromatic heterocycles. The summed E-state index contributed by atoms with van der Waals surface area (Å²) in [7, 11) is 0. The van der Waals surface area contributed by atoms with Crippen LogP contribution in [-0.4, -0.2) is 28.9 Å². The van der Waals surface area contributed by atoms with E-state index in [0.717, 1.165) is 11.8 Å². The second kappa shape index (κ2) is 5.75. The number of carbonyl (C=O) groups is 3. The van der Waals surface area contributed by atoms with E-state index in [4.69, 9.17) is 4.74 Å². The molecule has 0 saturated carbocycles. The van der Waals surface area contributed by atoms with Gasteiger partial charge >= 0.3 is 5.97 Å². The third kappa shape index (κ3) is 3.72. The number of hydrogen-bond donors (Lipinski definition) is 2. The predicted octanol–water partition coefficient (Wildman–Crippen LogP) is 1.38. The maximum atomic E-state index is 11.7. The number of amides is 2. The van der Waals surface area contributed by atoms with Gasteiger partial charge < -0.3 is 15.4 Å². The first-order chi connectivity index (χ1) is 9.04. The minimum absolute atomic E-state index is 0.171. The molecule has 0 aliphatic carbocycles. The van der Waals surface area contributed by atoms with E-state index < -0.39 is 12.0 Å². The number of carbonyl (C=O) groups excluding carboxylic acids is 3. The third-order valence-corrected chi connectivity index (χ3v) is 3.23. The van der Waals surface area contributed by atoms with Crippen LogP contribution in [0.4, 0.5) is 10.5 Å². The lowest BCUT2D eigenvalue weighted by Crippen LogP contribution is -2.37. The summed E-state index contributed by atoms with van der Waals surface area (Å²) in [5, 5.41) is 4.89. The molecule has 19 heavy (non-hydrogen) atoms. The van der Waals surface area contributed by atoms with Gasteiger partial charge in [0, 0.05) is 18.4 Å². The number of esters is 1. The number of hydrogen-bond acceptors (Lipinski definition) is 5. The minimum atomic E-state index is -0.604. The molecule has 0 radical (unpaired) electrons. The summed E-state index contributed by atoms with van der Waals surface area (Å²) in [4.78, 5) is 33.5. The van der Waals surface area contributed by atoms with Gasteiger partial charge in [0.25, 0.3) is 5.24 Å². The quantitative estimate of drug-likeness (QED) is 0.645. The van der Waals surface area contributed by atoms with Crippen molar-refractivity contribution in [1.82, 2.24) is 5.32 Å². The van der Waals surface area contributed by atoms with Crippen LogP contribution in [-0.2, 0) is 9.59 Å². The Morgan fingerprint density at radius 3 is 2.58 bits per heavy atom. The molecule has 1 fully saturated rings. The fraction of sp³-hybridized carbons (Fsp3) is 0.250. The Morgan fingerprint density at radius 1 is 1.37 bits per heavy atom. The van der Waals surface area contributed by atoms with E-state index >= 15 is 0 Å². The second-order valence-electron chi connectivity index (χ2n) is 3.92. The second-order valence-corrected chi connectivity index (χ2v) is 4.91. The molecule has 0 spiro atoms. The van der Waals surface area contributed by atoms with Crippen LogP contribution in [0.1, 0.15) is 6.92 Å². The summed E-state index contributed by atoms with van der Waals surface area (Å²) in [6.45, 7) is 1.41. The molecule has 0 bridgehead atoms. The molecule has 1 saturated heterocycles. The first-order valence-corrected chi connectivity index (χ1v) is 6.56. The van der Waals surface area contributed by atoms with Gasteiger partial charge in [0.2, 0.25) is 5.91 Å². The molecule has 2 rings (SSSR count). The largest absolute Gasteiger partial charge is 0.425 e. The normalized spacial score (nSPS) is 17.7. The van der Waals surface area contributed by atoms with Crippen LogP contribution >= 0.6 is 11.8 Å². The van der Waals surface area contributed by atoms with Crippen molar-refractivity contribution in [3.8, 4) is 5.75 Å². The Morgan fingerprint density at radius 2 is 2.05 bits per heavy atom. The molecule has 1 atom stereocenters. The molecule has 1 heterocycles. The maximum Gasteiger partial charge on any atom is 0.334 e. The van der Waals surface area contributed by atoms with Gasteiger partial charge in [-0.2, -0.15) is 0 Å². The van der Waals surface area contributed by atoms with E-state index in [1.165, 1.54) is 6.92 Å². The van der Waals surface area contributed by atoms with Crippen molar-refractivity contribution >= 4 is 34.6 Å². The molecule has 100 valence electrons. The molecular weight excluding hydrogens is 268 g/mol. The van der Waals surface area contributed by atoms with Gasteiger partial charge in [-0.05, 0) is 24.3 Å². The zero-order chi connectivity index (χ0) is 13.8. The highest BCUT2D eigenvalue weighted by atomic mass is 32.2. The Labute approximate surface area is 113 Å². The molecule has 2 N–H and O–H groups in total. The molecule has 7 heteroatoms. The van der Waals surface area contributed by atoms with Crippen molar-refractivity contribution in [3.05, 3.63) is 24.3 Å². The molecule has 2 amide bonds. The van der Waals surface area contributed by atoms with Gasteiger partial charge in [0.15, 0.2) is 0 Å². The van der Waals surface area contributed by atoms with Gasteiger partial charge in [0.05, 0.1) is 0 Å². The number of rotatable bonds is 3. The van der Waals surface area contributed by atoms with Crippen LogP contribution in [0.5, 0.6) is 5.75 Å². The van der Waals surface area contributed by atoms with Crippen molar-refractivity contribution in [2.24, 2.45) is 0 Å². The Hall–Kier alpha value is -2.02. The van der Waals surface area contributed by atoms with E-state index in [0.29, 0.717) is 17.2 Å². The lowest BCUT2D eigenvalue weighted by Gasteiger charge is -2.09. The first-order valence-electron chi connectivity index (χ1n) is 5.57. The van der Waals surface area contributed by atoms with Gasteiger partial charge in [-0.3, -0.25) is 9.59 Å². The summed E-state index contributed by atoms with van der Waals surface area (Å²) >= 11 is 1.06. The van der Waals surface area contributed by atoms with Crippen LogP contribution in [0.2, 0.25) is 0 Å². The standard InChI is InChI=1S/C12H12N2O4S/c1-7(15)13-8-2-4-9(5-3-8)18-11(16)10-6-19-12(17)14-10/h2-5,10H,6H2,1H3,(H,13,15)(H,14,17)/t10-/m1/s1. The molecule has 1 aromatic carbocycles. The average molecular weight is 280 g/mol. The van der Waals surface area contributed by atoms with Crippen LogP contribution in [0.15, 0.2) is 24.3 Å². The number of benzene rings is 1. The average Bonchev–Trinajstić information content (AvgIpc) is 2.78. The van der Waals surface area contributed by atoms with Gasteiger partial charge in [-0.1, -0.05) is 11.8 Å². The molecular formula is C12H12N2O4S. The van der Waals surface area contributed by atoms with Crippen molar-refractivity contribution in [1.29, 1.82) is 0 Å². The molecule has 0 unspecified atom stereocenters. The Balaban J connectivity index is 1.94. The molecule has 1 aliphatic heterocycles. The molecule has 1 aromatic rings. The number of thioether (sulfide) groups is 1. The predicted molar refractivity (Wildman–Crippen MR) is 71.2 cm³/mol. The van der Waals surface area contributed by atoms with E-state index in [1.54, 1.807) is 24.3 Å². The van der Waals surface area contributed by atoms with E-state index in [9.17, 15) is 14.4 Å². The Bertz CT molecular complexity index is 515. The summed E-state index contributed by atoms with van der Waals surface area (Å²) < 4.78 is 5.13. The molecule has 6 nitrogen and oxygen atoms in total. The Kier molecular flexibility index (Phi) is 4.06. The SMILES string of the molecule is CC(=O)Nc1ccc(OC(=O)[C@H]2CSC(=O)N2)cc1. The summed E-state index contributed by atoms with van der Waals surface area (Å²) in [6.07, 6.45) is 0. The zero-order valence-corrected chi connectivity index (χ0v) is 11.0. The zero-order valence-electron chi connectivity index (χ0n) is 10.1. The summed E-state index contributed by atoms with van der Waals surface area (Å²) in [5.74, 6) is 0.0769. The summed E-state index contributed by atoms with van der Waals surface area (Å²) in [6, 6.07) is 5.81. The van der Waals surface area contributed by atoms with Gasteiger partial charge in [0.1, 0.15) is 11.8 Å². The summed E-state index contributed by atoms with van der Waals surface area (Å²) in [5.41, 5.74) is 0.622. The fourth-order valence-corrected chi connectivity index (χ4v) is 2.27. The van der Waals surface area contributed by atoms with Crippen LogP contribution in [0, 0.1) is 0 Å². The number of anilines is 1. The maximum absolute atomic E-state index is 11.7. The fourth-order valence-electron chi connectivity index (χ4n) is 1.51.